The molecule has 0 amide bonds. The van der Waals surface area contributed by atoms with E-state index in [2.05, 4.69) is 4.90 Å². The zero-order valence-electron chi connectivity index (χ0n) is 14.2. The molecule has 0 atom stereocenters. The zero-order valence-corrected chi connectivity index (χ0v) is 15.8. The van der Waals surface area contributed by atoms with Gasteiger partial charge in [-0.05, 0) is 48.9 Å². The van der Waals surface area contributed by atoms with Gasteiger partial charge in [-0.3, -0.25) is 0 Å². The summed E-state index contributed by atoms with van der Waals surface area (Å²) in [5, 5.41) is 9.74. The molecular formula is C18H19ClN2O4S. The number of aryl methyl sites for hydroxylation is 1. The van der Waals surface area contributed by atoms with Crippen molar-refractivity contribution in [2.75, 3.05) is 31.1 Å². The molecule has 1 saturated heterocycles. The number of carbonyl (C=O) groups is 1. The van der Waals surface area contributed by atoms with E-state index in [1.165, 1.54) is 28.6 Å². The van der Waals surface area contributed by atoms with Gasteiger partial charge in [-0.15, -0.1) is 0 Å². The lowest BCUT2D eigenvalue weighted by molar-refractivity contribution is 0.0696. The smallest absolute Gasteiger partial charge is 0.335 e. The summed E-state index contributed by atoms with van der Waals surface area (Å²) in [4.78, 5) is 13.2. The minimum atomic E-state index is -3.72. The molecule has 0 aliphatic carbocycles. The van der Waals surface area contributed by atoms with Crippen molar-refractivity contribution in [1.29, 1.82) is 0 Å². The highest BCUT2D eigenvalue weighted by Gasteiger charge is 2.29. The Morgan fingerprint density at radius 1 is 1.08 bits per heavy atom. The van der Waals surface area contributed by atoms with E-state index in [-0.39, 0.29) is 10.5 Å². The van der Waals surface area contributed by atoms with Crippen LogP contribution in [0, 0.1) is 6.92 Å². The Kier molecular flexibility index (Phi) is 5.22. The van der Waals surface area contributed by atoms with Crippen molar-refractivity contribution < 1.29 is 18.3 Å². The molecule has 6 nitrogen and oxygen atoms in total. The molecule has 0 saturated carbocycles. The average Bonchev–Trinajstić information content (AvgIpc) is 2.62. The van der Waals surface area contributed by atoms with E-state index in [4.69, 9.17) is 16.7 Å². The van der Waals surface area contributed by atoms with Crippen LogP contribution >= 0.6 is 11.6 Å². The molecular weight excluding hydrogens is 376 g/mol. The summed E-state index contributed by atoms with van der Waals surface area (Å²) in [6.07, 6.45) is 0. The third-order valence-corrected chi connectivity index (χ3v) is 6.59. The monoisotopic (exact) mass is 394 g/mol. The summed E-state index contributed by atoms with van der Waals surface area (Å²) in [7, 11) is -3.72. The topological polar surface area (TPSA) is 77.9 Å². The van der Waals surface area contributed by atoms with E-state index >= 15 is 0 Å². The highest BCUT2D eigenvalue weighted by atomic mass is 35.5. The quantitative estimate of drug-likeness (QED) is 0.862. The lowest BCUT2D eigenvalue weighted by Gasteiger charge is -2.36. The lowest BCUT2D eigenvalue weighted by atomic mass is 10.1. The zero-order chi connectivity index (χ0) is 18.9. The van der Waals surface area contributed by atoms with E-state index in [0.717, 1.165) is 11.3 Å². The van der Waals surface area contributed by atoms with E-state index < -0.39 is 16.0 Å². The Morgan fingerprint density at radius 3 is 2.38 bits per heavy atom. The van der Waals surface area contributed by atoms with Gasteiger partial charge < -0.3 is 10.0 Å². The second-order valence-corrected chi connectivity index (χ2v) is 8.53. The molecule has 1 aliphatic rings. The van der Waals surface area contributed by atoms with Gasteiger partial charge in [0.25, 0.3) is 0 Å². The second kappa shape index (κ2) is 7.26. The molecule has 1 heterocycles. The summed E-state index contributed by atoms with van der Waals surface area (Å²) < 4.78 is 27.0. The minimum Gasteiger partial charge on any atom is -0.478 e. The van der Waals surface area contributed by atoms with Crippen molar-refractivity contribution in [2.24, 2.45) is 0 Å². The van der Waals surface area contributed by atoms with Crippen molar-refractivity contribution in [2.45, 2.75) is 11.8 Å². The van der Waals surface area contributed by atoms with Crippen LogP contribution in [0.5, 0.6) is 0 Å². The van der Waals surface area contributed by atoms with E-state index in [0.29, 0.717) is 31.2 Å². The molecule has 0 aromatic heterocycles. The first-order chi connectivity index (χ1) is 12.3. The molecule has 1 fully saturated rings. The molecule has 2 aromatic carbocycles. The van der Waals surface area contributed by atoms with Crippen molar-refractivity contribution >= 4 is 33.3 Å². The summed E-state index contributed by atoms with van der Waals surface area (Å²) in [5.74, 6) is -1.15. The molecule has 3 rings (SSSR count). The fourth-order valence-electron chi connectivity index (χ4n) is 3.08. The maximum atomic E-state index is 12.8. The number of hydrogen-bond acceptors (Lipinski definition) is 4. The number of benzene rings is 2. The summed E-state index contributed by atoms with van der Waals surface area (Å²) >= 11 is 5.99. The maximum Gasteiger partial charge on any atom is 0.335 e. The van der Waals surface area contributed by atoms with Crippen LogP contribution in [0.25, 0.3) is 0 Å². The van der Waals surface area contributed by atoms with Gasteiger partial charge in [-0.25, -0.2) is 13.2 Å². The van der Waals surface area contributed by atoms with Crippen molar-refractivity contribution in [3.05, 3.63) is 58.6 Å². The predicted molar refractivity (Wildman–Crippen MR) is 101 cm³/mol. The number of nitrogens with zero attached hydrogens (tertiary/aromatic N) is 2. The largest absolute Gasteiger partial charge is 0.478 e. The standard InChI is InChI=1S/C18H19ClN2O4S/c1-13-11-15(19)5-6-17(13)20-7-9-21(10-8-20)26(24,25)16-4-2-3-14(12-16)18(22)23/h2-6,11-12H,7-10H2,1H3,(H,22,23). The van der Waals surface area contributed by atoms with Crippen molar-refractivity contribution in [1.82, 2.24) is 4.31 Å². The highest BCUT2D eigenvalue weighted by Crippen LogP contribution is 2.26. The van der Waals surface area contributed by atoms with Crippen LogP contribution in [0.15, 0.2) is 47.4 Å². The van der Waals surface area contributed by atoms with Crippen molar-refractivity contribution in [3.63, 3.8) is 0 Å². The number of piperazine rings is 1. The second-order valence-electron chi connectivity index (χ2n) is 6.15. The third kappa shape index (κ3) is 3.70. The molecule has 1 N–H and O–H groups in total. The average molecular weight is 395 g/mol. The molecule has 0 radical (unpaired) electrons. The van der Waals surface area contributed by atoms with Gasteiger partial charge in [0, 0.05) is 36.9 Å². The third-order valence-electron chi connectivity index (χ3n) is 4.46. The summed E-state index contributed by atoms with van der Waals surface area (Å²) in [6.45, 7) is 3.76. The van der Waals surface area contributed by atoms with Crippen LogP contribution in [-0.4, -0.2) is 50.0 Å². The number of sulfonamides is 1. The van der Waals surface area contributed by atoms with E-state index in [1.807, 2.05) is 25.1 Å². The lowest BCUT2D eigenvalue weighted by Crippen LogP contribution is -2.48. The Labute approximate surface area is 157 Å². The van der Waals surface area contributed by atoms with Gasteiger partial charge in [0.2, 0.25) is 10.0 Å². The molecule has 0 unspecified atom stereocenters. The first kappa shape index (κ1) is 18.7. The molecule has 2 aromatic rings. The van der Waals surface area contributed by atoms with Gasteiger partial charge in [-0.2, -0.15) is 4.31 Å². The number of carboxylic acids is 1. The van der Waals surface area contributed by atoms with Crippen LogP contribution in [0.1, 0.15) is 15.9 Å². The number of hydrogen-bond donors (Lipinski definition) is 1. The molecule has 26 heavy (non-hydrogen) atoms. The number of aromatic carboxylic acids is 1. The minimum absolute atomic E-state index is 0.00789. The van der Waals surface area contributed by atoms with Gasteiger partial charge in [0.1, 0.15) is 0 Å². The molecule has 138 valence electrons. The number of carboxylic acid groups (broad SMARTS) is 1. The number of rotatable bonds is 4. The Morgan fingerprint density at radius 2 is 1.77 bits per heavy atom. The maximum absolute atomic E-state index is 12.8. The predicted octanol–water partition coefficient (Wildman–Crippen LogP) is 2.86. The molecule has 0 bridgehead atoms. The van der Waals surface area contributed by atoms with Crippen LogP contribution < -0.4 is 4.90 Å². The Balaban J connectivity index is 1.76. The Hall–Kier alpha value is -2.09. The molecule has 8 heteroatoms. The fourth-order valence-corrected chi connectivity index (χ4v) is 4.78. The molecule has 0 spiro atoms. The first-order valence-electron chi connectivity index (χ1n) is 8.13. The highest BCUT2D eigenvalue weighted by molar-refractivity contribution is 7.89. The van der Waals surface area contributed by atoms with Crippen LogP contribution in [0.2, 0.25) is 5.02 Å². The summed E-state index contributed by atoms with van der Waals surface area (Å²) in [5.41, 5.74) is 2.05. The van der Waals surface area contributed by atoms with E-state index in [9.17, 15) is 13.2 Å². The first-order valence-corrected chi connectivity index (χ1v) is 9.95. The van der Waals surface area contributed by atoms with Crippen LogP contribution in [-0.2, 0) is 10.0 Å². The van der Waals surface area contributed by atoms with Crippen molar-refractivity contribution in [3.8, 4) is 0 Å². The Bertz CT molecular complexity index is 938. The van der Waals surface area contributed by atoms with Crippen LogP contribution in [0.4, 0.5) is 5.69 Å². The SMILES string of the molecule is Cc1cc(Cl)ccc1N1CCN(S(=O)(=O)c2cccc(C(=O)O)c2)CC1. The van der Waals surface area contributed by atoms with Gasteiger partial charge >= 0.3 is 5.97 Å². The number of anilines is 1. The van der Waals surface area contributed by atoms with Gasteiger partial charge in [0.05, 0.1) is 10.5 Å². The van der Waals surface area contributed by atoms with Gasteiger partial charge in [0.15, 0.2) is 0 Å². The van der Waals surface area contributed by atoms with Gasteiger partial charge in [-0.1, -0.05) is 17.7 Å². The fraction of sp³-hybridized carbons (Fsp3) is 0.278. The van der Waals surface area contributed by atoms with E-state index in [1.54, 1.807) is 0 Å². The summed E-state index contributed by atoms with van der Waals surface area (Å²) in [6, 6.07) is 11.1. The molecule has 1 aliphatic heterocycles. The van der Waals surface area contributed by atoms with Crippen LogP contribution in [0.3, 0.4) is 0 Å². The number of halogens is 1. The normalized spacial score (nSPS) is 15.8.